The molecule has 1 aromatic carbocycles. The van der Waals surface area contributed by atoms with Gasteiger partial charge >= 0.3 is 0 Å². The van der Waals surface area contributed by atoms with Crippen LogP contribution in [0.1, 0.15) is 30.1 Å². The highest BCUT2D eigenvalue weighted by Crippen LogP contribution is 2.24. The highest BCUT2D eigenvalue weighted by Gasteiger charge is 2.41. The predicted octanol–water partition coefficient (Wildman–Crippen LogP) is 1.03. The number of halogens is 2. The van der Waals surface area contributed by atoms with E-state index in [2.05, 4.69) is 20.5 Å². The van der Waals surface area contributed by atoms with Crippen LogP contribution in [0.3, 0.4) is 0 Å². The lowest BCUT2D eigenvalue weighted by atomic mass is 9.91. The van der Waals surface area contributed by atoms with Crippen molar-refractivity contribution in [1.82, 2.24) is 25.4 Å². The molecule has 0 radical (unpaired) electrons. The smallest absolute Gasteiger partial charge is 0.256 e. The predicted molar refractivity (Wildman–Crippen MR) is 88.8 cm³/mol. The van der Waals surface area contributed by atoms with Gasteiger partial charge in [-0.3, -0.25) is 9.89 Å². The maximum atomic E-state index is 13.4. The van der Waals surface area contributed by atoms with Gasteiger partial charge in [0.05, 0.1) is 6.54 Å². The van der Waals surface area contributed by atoms with Gasteiger partial charge in [0.1, 0.15) is 5.82 Å². The molecule has 140 valence electrons. The third kappa shape index (κ3) is 4.05. The van der Waals surface area contributed by atoms with E-state index in [1.54, 1.807) is 6.92 Å². The van der Waals surface area contributed by atoms with E-state index in [1.165, 1.54) is 11.0 Å². The van der Waals surface area contributed by atoms with Gasteiger partial charge in [-0.25, -0.2) is 13.8 Å². The first-order valence-electron chi connectivity index (χ1n) is 8.42. The van der Waals surface area contributed by atoms with Crippen molar-refractivity contribution in [3.8, 4) is 0 Å². The van der Waals surface area contributed by atoms with Crippen LogP contribution in [0.4, 0.5) is 8.78 Å². The van der Waals surface area contributed by atoms with E-state index in [9.17, 15) is 18.7 Å². The SMILES string of the molecule is Cc1nc(CNCC2(O)CCCN(Cc3ccc(F)c(F)c3)C2=O)n[nH]1. The van der Waals surface area contributed by atoms with E-state index in [-0.39, 0.29) is 13.1 Å². The minimum atomic E-state index is -1.54. The standard InChI is InChI=1S/C17H21F2N5O2/c1-11-21-15(23-22-11)8-20-10-17(26)5-2-6-24(16(17)25)9-12-3-4-13(18)14(19)7-12/h3-4,7,20,26H,2,5-6,8-10H2,1H3,(H,21,22,23). The molecule has 3 N–H and O–H groups in total. The Hall–Kier alpha value is -2.39. The number of H-pyrrole nitrogens is 1. The number of amides is 1. The van der Waals surface area contributed by atoms with Crippen LogP contribution in [0.2, 0.25) is 0 Å². The summed E-state index contributed by atoms with van der Waals surface area (Å²) >= 11 is 0. The Morgan fingerprint density at radius 1 is 1.38 bits per heavy atom. The summed E-state index contributed by atoms with van der Waals surface area (Å²) < 4.78 is 26.4. The number of hydrogen-bond acceptors (Lipinski definition) is 5. The number of aromatic nitrogens is 3. The number of aliphatic hydroxyl groups is 1. The number of hydrogen-bond donors (Lipinski definition) is 3. The van der Waals surface area contributed by atoms with Crippen LogP contribution >= 0.6 is 0 Å². The Balaban J connectivity index is 1.61. The summed E-state index contributed by atoms with van der Waals surface area (Å²) in [6.45, 7) is 2.75. The second-order valence-corrected chi connectivity index (χ2v) is 6.55. The molecule has 1 amide bonds. The zero-order valence-electron chi connectivity index (χ0n) is 14.4. The zero-order valence-corrected chi connectivity index (χ0v) is 14.4. The molecule has 1 aliphatic rings. The number of aryl methyl sites for hydroxylation is 1. The molecule has 2 heterocycles. The van der Waals surface area contributed by atoms with Gasteiger partial charge in [-0.1, -0.05) is 6.07 Å². The molecule has 0 aliphatic carbocycles. The third-order valence-electron chi connectivity index (χ3n) is 4.41. The molecule has 3 rings (SSSR count). The fourth-order valence-electron chi connectivity index (χ4n) is 3.09. The number of rotatable bonds is 6. The summed E-state index contributed by atoms with van der Waals surface area (Å²) in [6.07, 6.45) is 0.952. The minimum absolute atomic E-state index is 0.0632. The lowest BCUT2D eigenvalue weighted by Gasteiger charge is -2.38. The lowest BCUT2D eigenvalue weighted by Crippen LogP contribution is -2.57. The van der Waals surface area contributed by atoms with Crippen molar-refractivity contribution in [2.24, 2.45) is 0 Å². The molecule has 1 aliphatic heterocycles. The van der Waals surface area contributed by atoms with Crippen molar-refractivity contribution < 1.29 is 18.7 Å². The number of piperidine rings is 1. The molecule has 0 saturated carbocycles. The van der Waals surface area contributed by atoms with Crippen molar-refractivity contribution in [1.29, 1.82) is 0 Å². The molecule has 26 heavy (non-hydrogen) atoms. The van der Waals surface area contributed by atoms with E-state index in [1.807, 2.05) is 0 Å². The average molecular weight is 365 g/mol. The molecule has 1 fully saturated rings. The summed E-state index contributed by atoms with van der Waals surface area (Å²) in [4.78, 5) is 18.3. The minimum Gasteiger partial charge on any atom is -0.379 e. The number of benzene rings is 1. The van der Waals surface area contributed by atoms with Crippen molar-refractivity contribution in [3.05, 3.63) is 47.0 Å². The summed E-state index contributed by atoms with van der Waals surface area (Å²) in [5.41, 5.74) is -1.06. The van der Waals surface area contributed by atoms with Crippen molar-refractivity contribution in [3.63, 3.8) is 0 Å². The number of nitrogens with zero attached hydrogens (tertiary/aromatic N) is 3. The number of likely N-dealkylation sites (tertiary alicyclic amines) is 1. The molecular formula is C17H21F2N5O2. The Bertz CT molecular complexity index is 797. The van der Waals surface area contributed by atoms with Gasteiger partial charge in [0.15, 0.2) is 23.1 Å². The van der Waals surface area contributed by atoms with Crippen LogP contribution in [-0.2, 0) is 17.9 Å². The maximum absolute atomic E-state index is 13.4. The Morgan fingerprint density at radius 2 is 2.19 bits per heavy atom. The largest absolute Gasteiger partial charge is 0.379 e. The molecule has 7 nitrogen and oxygen atoms in total. The van der Waals surface area contributed by atoms with Crippen molar-refractivity contribution >= 4 is 5.91 Å². The quantitative estimate of drug-likeness (QED) is 0.711. The molecule has 1 saturated heterocycles. The highest BCUT2D eigenvalue weighted by molar-refractivity contribution is 5.86. The molecule has 1 unspecified atom stereocenters. The van der Waals surface area contributed by atoms with E-state index in [4.69, 9.17) is 0 Å². The van der Waals surface area contributed by atoms with E-state index in [0.717, 1.165) is 12.1 Å². The molecule has 2 aromatic rings. The van der Waals surface area contributed by atoms with E-state index >= 15 is 0 Å². The first-order chi connectivity index (χ1) is 12.4. The van der Waals surface area contributed by atoms with Gasteiger partial charge in [-0.2, -0.15) is 5.10 Å². The summed E-state index contributed by atoms with van der Waals surface area (Å²) in [5, 5.41) is 20.4. The van der Waals surface area contributed by atoms with Crippen LogP contribution in [0.25, 0.3) is 0 Å². The van der Waals surface area contributed by atoms with Gasteiger partial charge in [0.2, 0.25) is 0 Å². The van der Waals surface area contributed by atoms with Gasteiger partial charge in [0, 0.05) is 19.6 Å². The number of nitrogens with one attached hydrogen (secondary N) is 2. The zero-order chi connectivity index (χ0) is 18.7. The summed E-state index contributed by atoms with van der Waals surface area (Å²) in [7, 11) is 0. The summed E-state index contributed by atoms with van der Waals surface area (Å²) in [5.74, 6) is -1.07. The first-order valence-corrected chi connectivity index (χ1v) is 8.42. The van der Waals surface area contributed by atoms with Crippen LogP contribution in [0, 0.1) is 18.6 Å². The second kappa shape index (κ2) is 7.46. The van der Waals surface area contributed by atoms with Gasteiger partial charge in [0.25, 0.3) is 5.91 Å². The monoisotopic (exact) mass is 365 g/mol. The van der Waals surface area contributed by atoms with Gasteiger partial charge < -0.3 is 15.3 Å². The van der Waals surface area contributed by atoms with Crippen molar-refractivity contribution in [2.75, 3.05) is 13.1 Å². The topological polar surface area (TPSA) is 94.1 Å². The van der Waals surface area contributed by atoms with Crippen molar-refractivity contribution in [2.45, 2.75) is 38.5 Å². The van der Waals surface area contributed by atoms with E-state index in [0.29, 0.717) is 43.1 Å². The number of aromatic amines is 1. The number of carbonyl (C=O) groups is 1. The first kappa shape index (κ1) is 18.4. The van der Waals surface area contributed by atoms with Gasteiger partial charge in [-0.05, 0) is 37.5 Å². The van der Waals surface area contributed by atoms with Crippen LogP contribution < -0.4 is 5.32 Å². The second-order valence-electron chi connectivity index (χ2n) is 6.55. The molecule has 0 bridgehead atoms. The molecule has 1 aromatic heterocycles. The highest BCUT2D eigenvalue weighted by atomic mass is 19.2. The van der Waals surface area contributed by atoms with E-state index < -0.39 is 23.1 Å². The van der Waals surface area contributed by atoms with Crippen LogP contribution in [-0.4, -0.2) is 49.8 Å². The number of carbonyl (C=O) groups excluding carboxylic acids is 1. The third-order valence-corrected chi connectivity index (χ3v) is 4.41. The average Bonchev–Trinajstić information content (AvgIpc) is 3.01. The Labute approximate surface area is 149 Å². The maximum Gasteiger partial charge on any atom is 0.256 e. The fraction of sp³-hybridized carbons (Fsp3) is 0.471. The molecule has 1 atom stereocenters. The summed E-state index contributed by atoms with van der Waals surface area (Å²) in [6, 6.07) is 3.54. The molecule has 0 spiro atoms. The van der Waals surface area contributed by atoms with Crippen LogP contribution in [0.5, 0.6) is 0 Å². The molecular weight excluding hydrogens is 344 g/mol. The Morgan fingerprint density at radius 3 is 2.88 bits per heavy atom. The normalized spacial score (nSPS) is 20.6. The van der Waals surface area contributed by atoms with Crippen LogP contribution in [0.15, 0.2) is 18.2 Å². The Kier molecular flexibility index (Phi) is 5.28. The van der Waals surface area contributed by atoms with Gasteiger partial charge in [-0.15, -0.1) is 0 Å². The fourth-order valence-corrected chi connectivity index (χ4v) is 3.09. The molecule has 9 heteroatoms. The lowest BCUT2D eigenvalue weighted by molar-refractivity contribution is -0.157.